The number of esters is 1. The van der Waals surface area contributed by atoms with Crippen molar-refractivity contribution in [3.8, 4) is 17.6 Å². The molecule has 1 saturated heterocycles. The first-order chi connectivity index (χ1) is 28.3. The lowest BCUT2D eigenvalue weighted by molar-refractivity contribution is -0.156. The second-order valence-electron chi connectivity index (χ2n) is 16.3. The summed E-state index contributed by atoms with van der Waals surface area (Å²) in [5.74, 6) is 1.20. The van der Waals surface area contributed by atoms with Crippen LogP contribution in [0.25, 0.3) is 0 Å². The van der Waals surface area contributed by atoms with E-state index in [2.05, 4.69) is 55.6 Å². The Morgan fingerprint density at radius 1 is 0.932 bits per heavy atom. The summed E-state index contributed by atoms with van der Waals surface area (Å²) in [5, 5.41) is 9.37. The van der Waals surface area contributed by atoms with E-state index < -0.39 is 25.6 Å². The molecule has 1 aromatic heterocycles. The summed E-state index contributed by atoms with van der Waals surface area (Å²) in [4.78, 5) is 16.9. The van der Waals surface area contributed by atoms with Crippen molar-refractivity contribution in [3.63, 3.8) is 0 Å². The number of hydrogen-bond acceptors (Lipinski definition) is 11. The fraction of sp³-hybridized carbons (Fsp3) is 0.500. The van der Waals surface area contributed by atoms with Gasteiger partial charge >= 0.3 is 5.97 Å². The van der Waals surface area contributed by atoms with Gasteiger partial charge in [-0.05, 0) is 102 Å². The Hall–Kier alpha value is -4.34. The minimum Gasteiger partial charge on any atom is -0.497 e. The van der Waals surface area contributed by atoms with Gasteiger partial charge in [-0.3, -0.25) is 4.79 Å². The molecule has 12 nitrogen and oxygen atoms in total. The Labute approximate surface area is 351 Å². The average molecular weight is 829 g/mol. The number of carbonyl (C=O) groups excluding carboxylic acids is 1. The molecule has 318 valence electrons. The number of methoxy groups -OCH3 is 2. The van der Waals surface area contributed by atoms with Gasteiger partial charge in [0.2, 0.25) is 0 Å². The van der Waals surface area contributed by atoms with Crippen LogP contribution in [0.15, 0.2) is 91.4 Å². The molecule has 1 aliphatic rings. The van der Waals surface area contributed by atoms with Crippen LogP contribution in [-0.4, -0.2) is 78.0 Å². The quantitative estimate of drug-likeness (QED) is 0.0345. The first-order valence-corrected chi connectivity index (χ1v) is 21.5. The lowest BCUT2D eigenvalue weighted by Gasteiger charge is -2.39. The molecule has 0 N–H and O–H groups in total. The predicted molar refractivity (Wildman–Crippen MR) is 228 cm³/mol. The minimum absolute atomic E-state index is 0.0987. The highest BCUT2D eigenvalue weighted by Crippen LogP contribution is 2.50. The number of nitrogens with zero attached hydrogens (tertiary/aromatic N) is 4. The number of ether oxygens (including phenoxy) is 5. The summed E-state index contributed by atoms with van der Waals surface area (Å²) in [6.07, 6.45) is 4.75. The summed E-state index contributed by atoms with van der Waals surface area (Å²) in [6.45, 7) is 14.5. The fourth-order valence-corrected chi connectivity index (χ4v) is 8.96. The van der Waals surface area contributed by atoms with Gasteiger partial charge in [-0.25, -0.2) is 9.65 Å². The molecule has 1 aliphatic heterocycles. The van der Waals surface area contributed by atoms with Crippen LogP contribution in [0.5, 0.6) is 11.5 Å². The summed E-state index contributed by atoms with van der Waals surface area (Å²) in [5.41, 5.74) is 2.00. The standard InChI is InChI=1S/C46H61N4O8P/c1-33(2)50(34(3)4)59(56-27-13-26-47)58-42-28-41(25-20-38-29-49(31-48-38)32-54-44(51)45(5,6)7)57-43(42)30-55-46(35-14-11-10-12-15-35,36-16-21-39(52-8)22-17-36)37-18-23-40(53-9)24-19-37/h10-12,14-19,21-24,29,31,33-34,41-43H,13,20,25,27-28,30,32H2,1-9H3/t41-,42-,43+,59?/m0/s1. The number of hydrogen-bond donors (Lipinski definition) is 0. The first-order valence-electron chi connectivity index (χ1n) is 20.4. The SMILES string of the molecule is COc1ccc(C(OC[C@H]2O[C@@H](CCc3cn(COC(=O)C(C)(C)C)cn3)C[C@@H]2OP(OCCC#N)N(C(C)C)C(C)C)(c2ccccc2)c2ccc(OC)cc2)cc1. The van der Waals surface area contributed by atoms with Crippen LogP contribution in [0.3, 0.4) is 0 Å². The minimum atomic E-state index is -1.56. The van der Waals surface area contributed by atoms with E-state index in [4.69, 9.17) is 32.7 Å². The molecular formula is C46H61N4O8P. The number of aryl methyl sites for hydroxylation is 1. The molecule has 59 heavy (non-hydrogen) atoms. The normalized spacial score (nSPS) is 17.6. The number of carbonyl (C=O) groups is 1. The number of rotatable bonds is 21. The van der Waals surface area contributed by atoms with Gasteiger partial charge in [-0.1, -0.05) is 54.6 Å². The zero-order chi connectivity index (χ0) is 42.6. The van der Waals surface area contributed by atoms with E-state index >= 15 is 0 Å². The van der Waals surface area contributed by atoms with Crippen molar-refractivity contribution in [2.45, 2.75) is 117 Å². The lowest BCUT2D eigenvalue weighted by atomic mass is 9.80. The van der Waals surface area contributed by atoms with Crippen molar-refractivity contribution in [2.75, 3.05) is 27.4 Å². The summed E-state index contributed by atoms with van der Waals surface area (Å²) < 4.78 is 48.3. The number of imidazole rings is 1. The molecule has 5 rings (SSSR count). The lowest BCUT2D eigenvalue weighted by Crippen LogP contribution is -2.39. The number of nitriles is 1. The smallest absolute Gasteiger partial charge is 0.312 e. The van der Waals surface area contributed by atoms with Gasteiger partial charge in [0, 0.05) is 24.7 Å². The fourth-order valence-electron chi connectivity index (χ4n) is 7.20. The summed E-state index contributed by atoms with van der Waals surface area (Å²) in [6, 6.07) is 28.6. The van der Waals surface area contributed by atoms with Crippen LogP contribution in [0.1, 0.15) is 90.1 Å². The highest BCUT2D eigenvalue weighted by Gasteiger charge is 2.44. The Balaban J connectivity index is 1.47. The van der Waals surface area contributed by atoms with Gasteiger partial charge in [-0.2, -0.15) is 5.26 Å². The van der Waals surface area contributed by atoms with E-state index in [9.17, 15) is 10.1 Å². The molecule has 13 heteroatoms. The molecule has 0 saturated carbocycles. The van der Waals surface area contributed by atoms with Crippen LogP contribution in [0, 0.1) is 16.7 Å². The van der Waals surface area contributed by atoms with Gasteiger partial charge in [0.15, 0.2) is 6.73 Å². The third-order valence-corrected chi connectivity index (χ3v) is 12.3. The van der Waals surface area contributed by atoms with Crippen molar-refractivity contribution in [1.29, 1.82) is 5.26 Å². The highest BCUT2D eigenvalue weighted by atomic mass is 31.2. The number of aromatic nitrogens is 2. The maximum absolute atomic E-state index is 12.4. The van der Waals surface area contributed by atoms with Crippen molar-refractivity contribution in [1.82, 2.24) is 14.2 Å². The summed E-state index contributed by atoms with van der Waals surface area (Å²) >= 11 is 0. The zero-order valence-corrected chi connectivity index (χ0v) is 36.9. The van der Waals surface area contributed by atoms with Crippen molar-refractivity contribution in [3.05, 3.63) is 114 Å². The van der Waals surface area contributed by atoms with E-state index in [1.165, 1.54) is 0 Å². The molecule has 1 unspecified atom stereocenters. The van der Waals surface area contributed by atoms with E-state index in [1.807, 2.05) is 93.7 Å². The predicted octanol–water partition coefficient (Wildman–Crippen LogP) is 9.21. The van der Waals surface area contributed by atoms with Gasteiger partial charge in [-0.15, -0.1) is 0 Å². The Kier molecular flexibility index (Phi) is 16.5. The summed E-state index contributed by atoms with van der Waals surface area (Å²) in [7, 11) is 1.75. The maximum atomic E-state index is 12.4. The monoisotopic (exact) mass is 828 g/mol. The van der Waals surface area contributed by atoms with Crippen LogP contribution in [0.2, 0.25) is 0 Å². The molecule has 0 radical (unpaired) electrons. The second kappa shape index (κ2) is 21.3. The molecule has 0 spiro atoms. The van der Waals surface area contributed by atoms with Crippen LogP contribution in [0.4, 0.5) is 0 Å². The zero-order valence-electron chi connectivity index (χ0n) is 36.0. The van der Waals surface area contributed by atoms with Crippen LogP contribution >= 0.6 is 8.53 Å². The van der Waals surface area contributed by atoms with E-state index in [-0.39, 0.29) is 56.6 Å². The van der Waals surface area contributed by atoms with E-state index in [0.29, 0.717) is 19.3 Å². The average Bonchev–Trinajstić information content (AvgIpc) is 3.85. The second-order valence-corrected chi connectivity index (χ2v) is 17.7. The van der Waals surface area contributed by atoms with Crippen LogP contribution in [-0.2, 0) is 46.8 Å². The number of benzene rings is 3. The third-order valence-electron chi connectivity index (χ3n) is 10.2. The molecule has 4 atom stereocenters. The molecule has 3 aromatic carbocycles. The maximum Gasteiger partial charge on any atom is 0.312 e. The molecule has 0 bridgehead atoms. The highest BCUT2D eigenvalue weighted by molar-refractivity contribution is 7.44. The molecular weight excluding hydrogens is 767 g/mol. The van der Waals surface area contributed by atoms with Crippen molar-refractivity contribution < 1.29 is 37.5 Å². The topological polar surface area (TPSA) is 127 Å². The van der Waals surface area contributed by atoms with Gasteiger partial charge in [0.25, 0.3) is 8.53 Å². The van der Waals surface area contributed by atoms with Gasteiger partial charge in [0.05, 0.1) is 69.6 Å². The molecule has 2 heterocycles. The van der Waals surface area contributed by atoms with Gasteiger partial charge in [0.1, 0.15) is 23.2 Å². The first kappa shape index (κ1) is 45.7. The Bertz CT molecular complexity index is 1870. The Morgan fingerprint density at radius 2 is 1.53 bits per heavy atom. The van der Waals surface area contributed by atoms with Crippen molar-refractivity contribution in [2.24, 2.45) is 5.41 Å². The van der Waals surface area contributed by atoms with E-state index in [0.717, 1.165) is 33.9 Å². The van der Waals surface area contributed by atoms with Crippen molar-refractivity contribution >= 4 is 14.5 Å². The van der Waals surface area contributed by atoms with Gasteiger partial charge < -0.3 is 37.3 Å². The third kappa shape index (κ3) is 11.9. The molecule has 0 amide bonds. The molecule has 1 fully saturated rings. The molecule has 4 aromatic rings. The molecule has 0 aliphatic carbocycles. The van der Waals surface area contributed by atoms with E-state index in [1.54, 1.807) is 25.1 Å². The van der Waals surface area contributed by atoms with Crippen LogP contribution < -0.4 is 9.47 Å². The largest absolute Gasteiger partial charge is 0.497 e. The Morgan fingerprint density at radius 3 is 2.07 bits per heavy atom.